The zero-order valence-corrected chi connectivity index (χ0v) is 19.2. The number of halogens is 1. The van der Waals surface area contributed by atoms with Crippen molar-refractivity contribution in [3.05, 3.63) is 57.6 Å². The Bertz CT molecular complexity index is 1340. The van der Waals surface area contributed by atoms with Gasteiger partial charge >= 0.3 is 0 Å². The number of benzene rings is 1. The number of pyridine rings is 1. The lowest BCUT2D eigenvalue weighted by Gasteiger charge is -2.35. The molecule has 3 aromatic heterocycles. The molecule has 0 saturated heterocycles. The molecular formula is C24H26ClN5O2. The number of nitrogens with zero attached hydrogens (tertiary/aromatic N) is 5. The van der Waals surface area contributed by atoms with Crippen LogP contribution in [0.3, 0.4) is 0 Å². The number of hydrogen-bond donors (Lipinski definition) is 0. The molecular weight excluding hydrogens is 426 g/mol. The van der Waals surface area contributed by atoms with Crippen LogP contribution in [-0.2, 0) is 11.3 Å². The summed E-state index contributed by atoms with van der Waals surface area (Å²) >= 11 is 6.08. The predicted octanol–water partition coefficient (Wildman–Crippen LogP) is 4.90. The van der Waals surface area contributed by atoms with Crippen LogP contribution < -0.4 is 5.56 Å². The number of rotatable bonds is 4. The molecule has 32 heavy (non-hydrogen) atoms. The van der Waals surface area contributed by atoms with Crippen molar-refractivity contribution in [2.24, 2.45) is 11.8 Å². The summed E-state index contributed by atoms with van der Waals surface area (Å²) < 4.78 is 8.94. The molecule has 1 aliphatic carbocycles. The molecule has 0 aliphatic heterocycles. The molecule has 0 amide bonds. The molecule has 7 nitrogen and oxygen atoms in total. The van der Waals surface area contributed by atoms with Gasteiger partial charge in [0.15, 0.2) is 11.2 Å². The highest BCUT2D eigenvalue weighted by molar-refractivity contribution is 6.30. The fourth-order valence-corrected chi connectivity index (χ4v) is 5.09. The Morgan fingerprint density at radius 2 is 1.91 bits per heavy atom. The van der Waals surface area contributed by atoms with Crippen molar-refractivity contribution in [3.8, 4) is 11.1 Å². The highest BCUT2D eigenvalue weighted by atomic mass is 35.5. The van der Waals surface area contributed by atoms with Crippen molar-refractivity contribution in [2.45, 2.75) is 45.8 Å². The Morgan fingerprint density at radius 1 is 1.12 bits per heavy atom. The fourth-order valence-electron chi connectivity index (χ4n) is 4.96. The summed E-state index contributed by atoms with van der Waals surface area (Å²) in [6.45, 7) is 4.83. The molecule has 3 heterocycles. The normalized spacial score (nSPS) is 21.4. The first-order chi connectivity index (χ1) is 15.5. The second-order valence-corrected chi connectivity index (χ2v) is 9.23. The molecule has 0 unspecified atom stereocenters. The van der Waals surface area contributed by atoms with Gasteiger partial charge in [-0.15, -0.1) is 10.2 Å². The van der Waals surface area contributed by atoms with Crippen molar-refractivity contribution in [3.63, 3.8) is 0 Å². The highest BCUT2D eigenvalue weighted by Gasteiger charge is 2.29. The minimum absolute atomic E-state index is 0.111. The second kappa shape index (κ2) is 8.30. The van der Waals surface area contributed by atoms with Crippen LogP contribution in [0.4, 0.5) is 0 Å². The van der Waals surface area contributed by atoms with E-state index in [-0.39, 0.29) is 11.6 Å². The van der Waals surface area contributed by atoms with Gasteiger partial charge in [0.05, 0.1) is 17.9 Å². The Hall–Kier alpha value is -2.77. The minimum atomic E-state index is -0.111. The third-order valence-electron chi connectivity index (χ3n) is 6.91. The summed E-state index contributed by atoms with van der Waals surface area (Å²) in [5.74, 6) is 1.03. The Labute approximate surface area is 191 Å². The summed E-state index contributed by atoms with van der Waals surface area (Å²) in [6, 6.07) is 9.62. The molecule has 1 saturated carbocycles. The minimum Gasteiger partial charge on any atom is -0.378 e. The first-order valence-corrected chi connectivity index (χ1v) is 11.4. The van der Waals surface area contributed by atoms with Crippen LogP contribution in [0, 0.1) is 11.8 Å². The van der Waals surface area contributed by atoms with E-state index >= 15 is 0 Å². The Kier molecular flexibility index (Phi) is 5.47. The van der Waals surface area contributed by atoms with Crippen LogP contribution in [-0.4, -0.2) is 31.5 Å². The van der Waals surface area contributed by atoms with E-state index < -0.39 is 0 Å². The average molecular weight is 452 g/mol. The number of hydrogen-bond acceptors (Lipinski definition) is 5. The van der Waals surface area contributed by atoms with Crippen LogP contribution in [0.1, 0.15) is 44.8 Å². The number of methoxy groups -OCH3 is 1. The largest absolute Gasteiger partial charge is 0.378 e. The maximum absolute atomic E-state index is 13.4. The van der Waals surface area contributed by atoms with Gasteiger partial charge in [0, 0.05) is 24.4 Å². The zero-order valence-electron chi connectivity index (χ0n) is 18.5. The number of fused-ring (bicyclic) bond motifs is 3. The maximum Gasteiger partial charge on any atom is 0.280 e. The van der Waals surface area contributed by atoms with E-state index in [1.54, 1.807) is 11.6 Å². The summed E-state index contributed by atoms with van der Waals surface area (Å²) in [6.07, 6.45) is 5.25. The lowest BCUT2D eigenvalue weighted by Crippen LogP contribution is -2.34. The van der Waals surface area contributed by atoms with Crippen LogP contribution in [0.5, 0.6) is 0 Å². The van der Waals surface area contributed by atoms with Gasteiger partial charge in [-0.25, -0.2) is 4.52 Å². The van der Waals surface area contributed by atoms with Crippen LogP contribution in [0.2, 0.25) is 5.02 Å². The Morgan fingerprint density at radius 3 is 2.66 bits per heavy atom. The fraction of sp³-hybridized carbons (Fsp3) is 0.417. The van der Waals surface area contributed by atoms with Crippen molar-refractivity contribution in [2.75, 3.05) is 7.11 Å². The summed E-state index contributed by atoms with van der Waals surface area (Å²) in [5, 5.41) is 14.2. The molecule has 8 heteroatoms. The summed E-state index contributed by atoms with van der Waals surface area (Å²) in [4.78, 5) is 13.4. The van der Waals surface area contributed by atoms with Crippen molar-refractivity contribution < 1.29 is 4.74 Å². The molecule has 0 N–H and O–H groups in total. The molecule has 3 atom stereocenters. The molecule has 1 fully saturated rings. The highest BCUT2D eigenvalue weighted by Crippen LogP contribution is 2.37. The number of ether oxygens (including phenoxy) is 1. The smallest absolute Gasteiger partial charge is 0.280 e. The van der Waals surface area contributed by atoms with E-state index in [2.05, 4.69) is 24.0 Å². The van der Waals surface area contributed by atoms with Gasteiger partial charge in [-0.2, -0.15) is 5.10 Å². The standard InChI is InChI=1S/C24H26ClN5O2/c1-14-5-4-6-19(15(14)2)29-12-11-20-22(24(29)31)26-27-23-21(16-7-9-17(25)10-8-16)18(13-32-3)28-30(20)23/h7-12,14-15,19H,4-6,13H2,1-3H3/t14-,15+,19+/m0/s1. The SMILES string of the molecule is COCc1nn2c(nnc3c(=O)n([C@@H]4CCC[C@H](C)[C@H]4C)ccc32)c1-c1ccc(Cl)cc1. The Balaban J connectivity index is 1.70. The molecule has 1 aromatic carbocycles. The van der Waals surface area contributed by atoms with Crippen LogP contribution >= 0.6 is 11.6 Å². The van der Waals surface area contributed by atoms with E-state index in [1.165, 1.54) is 6.42 Å². The van der Waals surface area contributed by atoms with Crippen LogP contribution in [0.25, 0.3) is 27.8 Å². The van der Waals surface area contributed by atoms with Gasteiger partial charge in [0.1, 0.15) is 5.52 Å². The van der Waals surface area contributed by atoms with Gasteiger partial charge in [-0.05, 0) is 42.0 Å². The van der Waals surface area contributed by atoms with Gasteiger partial charge in [-0.1, -0.05) is 50.4 Å². The van der Waals surface area contributed by atoms with E-state index in [0.29, 0.717) is 40.1 Å². The predicted molar refractivity (Wildman–Crippen MR) is 125 cm³/mol. The van der Waals surface area contributed by atoms with Gasteiger partial charge in [0.25, 0.3) is 5.56 Å². The molecule has 0 spiro atoms. The molecule has 0 radical (unpaired) electrons. The topological polar surface area (TPSA) is 74.3 Å². The summed E-state index contributed by atoms with van der Waals surface area (Å²) in [5.41, 5.74) is 3.93. The second-order valence-electron chi connectivity index (χ2n) is 8.79. The third kappa shape index (κ3) is 3.40. The van der Waals surface area contributed by atoms with E-state index in [9.17, 15) is 4.79 Å². The van der Waals surface area contributed by atoms with E-state index in [1.807, 2.05) is 41.1 Å². The lowest BCUT2D eigenvalue weighted by atomic mass is 9.78. The van der Waals surface area contributed by atoms with Gasteiger partial charge in [-0.3, -0.25) is 4.79 Å². The molecule has 1 aliphatic rings. The quantitative estimate of drug-likeness (QED) is 0.441. The molecule has 4 aromatic rings. The third-order valence-corrected chi connectivity index (χ3v) is 7.17. The monoisotopic (exact) mass is 451 g/mol. The van der Waals surface area contributed by atoms with Crippen molar-refractivity contribution in [1.29, 1.82) is 0 Å². The van der Waals surface area contributed by atoms with Gasteiger partial charge < -0.3 is 9.30 Å². The van der Waals surface area contributed by atoms with Crippen molar-refractivity contribution >= 4 is 28.3 Å². The molecule has 5 rings (SSSR count). The first kappa shape index (κ1) is 21.1. The van der Waals surface area contributed by atoms with Gasteiger partial charge in [0.2, 0.25) is 0 Å². The molecule has 166 valence electrons. The summed E-state index contributed by atoms with van der Waals surface area (Å²) in [7, 11) is 1.63. The van der Waals surface area contributed by atoms with E-state index in [4.69, 9.17) is 21.4 Å². The van der Waals surface area contributed by atoms with Crippen LogP contribution in [0.15, 0.2) is 41.3 Å². The lowest BCUT2D eigenvalue weighted by molar-refractivity contribution is 0.181. The first-order valence-electron chi connectivity index (χ1n) is 11.0. The van der Waals surface area contributed by atoms with Crippen molar-refractivity contribution in [1.82, 2.24) is 24.4 Å². The average Bonchev–Trinajstić information content (AvgIpc) is 3.15. The van der Waals surface area contributed by atoms with E-state index in [0.717, 1.165) is 29.7 Å². The zero-order chi connectivity index (χ0) is 22.4. The molecule has 0 bridgehead atoms. The maximum atomic E-state index is 13.4. The number of aromatic nitrogens is 5.